The number of hydrogen-bond donors (Lipinski definition) is 1. The number of aryl methyl sites for hydroxylation is 2. The molecule has 2 saturated heterocycles. The molecule has 0 bridgehead atoms. The van der Waals surface area contributed by atoms with Crippen LogP contribution in [0.15, 0.2) is 24.3 Å². The fourth-order valence-corrected chi connectivity index (χ4v) is 4.75. The third-order valence-corrected chi connectivity index (χ3v) is 5.98. The number of methoxy groups -OCH3 is 1. The Balaban J connectivity index is 1.55. The summed E-state index contributed by atoms with van der Waals surface area (Å²) in [6, 6.07) is 8.68. The second-order valence-electron chi connectivity index (χ2n) is 7.60. The van der Waals surface area contributed by atoms with Crippen molar-refractivity contribution in [3.8, 4) is 5.75 Å². The van der Waals surface area contributed by atoms with E-state index in [1.54, 1.807) is 7.11 Å². The zero-order valence-corrected chi connectivity index (χ0v) is 15.8. The van der Waals surface area contributed by atoms with Crippen molar-refractivity contribution >= 4 is 5.91 Å². The smallest absolute Gasteiger partial charge is 0.257 e. The van der Waals surface area contributed by atoms with Gasteiger partial charge in [0.15, 0.2) is 0 Å². The number of hydrogen-bond acceptors (Lipinski definition) is 4. The largest absolute Gasteiger partial charge is 0.497 e. The lowest BCUT2D eigenvalue weighted by Gasteiger charge is -2.27. The highest BCUT2D eigenvalue weighted by molar-refractivity contribution is 5.96. The van der Waals surface area contributed by atoms with Crippen molar-refractivity contribution in [3.05, 3.63) is 46.8 Å². The monoisotopic (exact) mass is 354 g/mol. The van der Waals surface area contributed by atoms with E-state index in [0.717, 1.165) is 42.3 Å². The number of aromatic nitrogens is 2. The maximum Gasteiger partial charge on any atom is 0.257 e. The van der Waals surface area contributed by atoms with Crippen LogP contribution in [0.1, 0.15) is 33.4 Å². The van der Waals surface area contributed by atoms with Gasteiger partial charge < -0.3 is 9.64 Å². The predicted octanol–water partition coefficient (Wildman–Crippen LogP) is 2.41. The van der Waals surface area contributed by atoms with Crippen LogP contribution < -0.4 is 4.74 Å². The third kappa shape index (κ3) is 2.69. The first kappa shape index (κ1) is 17.1. The van der Waals surface area contributed by atoms with E-state index < -0.39 is 0 Å². The van der Waals surface area contributed by atoms with Gasteiger partial charge in [0.25, 0.3) is 5.91 Å². The number of nitrogens with one attached hydrogen (secondary N) is 1. The molecular formula is C20H26N4O2. The zero-order chi connectivity index (χ0) is 18.4. The van der Waals surface area contributed by atoms with Crippen LogP contribution >= 0.6 is 0 Å². The lowest BCUT2D eigenvalue weighted by atomic mass is 9.89. The van der Waals surface area contributed by atoms with Crippen molar-refractivity contribution in [2.45, 2.75) is 19.9 Å². The number of benzene rings is 1. The lowest BCUT2D eigenvalue weighted by molar-refractivity contribution is 0.0766. The van der Waals surface area contributed by atoms with E-state index in [-0.39, 0.29) is 5.91 Å². The molecule has 1 aromatic carbocycles. The van der Waals surface area contributed by atoms with Gasteiger partial charge in [0, 0.05) is 37.3 Å². The average molecular weight is 354 g/mol. The molecule has 1 N–H and O–H groups in total. The standard InChI is InChI=1S/C20H26N4O2/c1-12-18(13(2)22-21-12)20(25)24-10-15-9-23(3)19(17(15)11-24)14-5-7-16(26-4)8-6-14/h5-8,15,17,19H,9-11H2,1-4H3,(H,21,22)/t15-,17+,19+/m0/s1. The zero-order valence-electron chi connectivity index (χ0n) is 15.8. The number of ether oxygens (including phenoxy) is 1. The fourth-order valence-electron chi connectivity index (χ4n) is 4.75. The van der Waals surface area contributed by atoms with Crippen molar-refractivity contribution in [2.24, 2.45) is 11.8 Å². The van der Waals surface area contributed by atoms with Crippen LogP contribution in [0.3, 0.4) is 0 Å². The van der Waals surface area contributed by atoms with E-state index in [4.69, 9.17) is 4.74 Å². The van der Waals surface area contributed by atoms with Crippen LogP contribution in [-0.4, -0.2) is 59.7 Å². The number of carbonyl (C=O) groups excluding carboxylic acids is 1. The minimum Gasteiger partial charge on any atom is -0.497 e. The summed E-state index contributed by atoms with van der Waals surface area (Å²) in [5.74, 6) is 1.97. The first-order valence-electron chi connectivity index (χ1n) is 9.14. The molecule has 2 aromatic rings. The van der Waals surface area contributed by atoms with Gasteiger partial charge in [-0.2, -0.15) is 5.10 Å². The topological polar surface area (TPSA) is 61.5 Å². The van der Waals surface area contributed by atoms with Crippen molar-refractivity contribution in [1.29, 1.82) is 0 Å². The quantitative estimate of drug-likeness (QED) is 0.919. The summed E-state index contributed by atoms with van der Waals surface area (Å²) in [6.45, 7) is 6.45. The Hall–Kier alpha value is -2.34. The van der Waals surface area contributed by atoms with Crippen LogP contribution in [-0.2, 0) is 0 Å². The fraction of sp³-hybridized carbons (Fsp3) is 0.500. The Morgan fingerprint density at radius 3 is 2.54 bits per heavy atom. The SMILES string of the molecule is COc1ccc([C@@H]2[C@@H]3CN(C(=O)c4c(C)n[nH]c4C)C[C@@H]3CN2C)cc1. The van der Waals surface area contributed by atoms with E-state index in [1.807, 2.05) is 30.9 Å². The summed E-state index contributed by atoms with van der Waals surface area (Å²) < 4.78 is 5.28. The van der Waals surface area contributed by atoms with Gasteiger partial charge in [0.2, 0.25) is 0 Å². The Labute approximate surface area is 154 Å². The first-order valence-corrected chi connectivity index (χ1v) is 9.14. The van der Waals surface area contributed by atoms with Crippen molar-refractivity contribution in [1.82, 2.24) is 20.0 Å². The van der Waals surface area contributed by atoms with Crippen LogP contribution in [0.4, 0.5) is 0 Å². The molecule has 0 radical (unpaired) electrons. The number of rotatable bonds is 3. The number of amides is 1. The highest BCUT2D eigenvalue weighted by Crippen LogP contribution is 2.44. The predicted molar refractivity (Wildman–Crippen MR) is 99.3 cm³/mol. The van der Waals surface area contributed by atoms with Gasteiger partial charge in [-0.15, -0.1) is 0 Å². The van der Waals surface area contributed by atoms with Gasteiger partial charge in [-0.05, 0) is 44.5 Å². The van der Waals surface area contributed by atoms with Gasteiger partial charge in [0.05, 0.1) is 18.4 Å². The van der Waals surface area contributed by atoms with Crippen LogP contribution in [0.5, 0.6) is 5.75 Å². The maximum atomic E-state index is 13.0. The Bertz CT molecular complexity index is 794. The lowest BCUT2D eigenvalue weighted by Crippen LogP contribution is -2.33. The van der Waals surface area contributed by atoms with Gasteiger partial charge in [-0.3, -0.25) is 14.8 Å². The summed E-state index contributed by atoms with van der Waals surface area (Å²) in [5, 5.41) is 7.11. The number of fused-ring (bicyclic) bond motifs is 1. The molecule has 0 saturated carbocycles. The minimum absolute atomic E-state index is 0.110. The van der Waals surface area contributed by atoms with Crippen molar-refractivity contribution < 1.29 is 9.53 Å². The van der Waals surface area contributed by atoms with E-state index in [1.165, 1.54) is 5.56 Å². The second kappa shape index (κ2) is 6.43. The molecule has 0 aliphatic carbocycles. The van der Waals surface area contributed by atoms with Gasteiger partial charge >= 0.3 is 0 Å². The summed E-state index contributed by atoms with van der Waals surface area (Å²) in [6.07, 6.45) is 0. The van der Waals surface area contributed by atoms with Crippen LogP contribution in [0, 0.1) is 25.7 Å². The average Bonchev–Trinajstić information content (AvgIpc) is 3.27. The highest BCUT2D eigenvalue weighted by atomic mass is 16.5. The van der Waals surface area contributed by atoms with Crippen molar-refractivity contribution in [2.75, 3.05) is 33.8 Å². The molecule has 3 atom stereocenters. The number of carbonyl (C=O) groups is 1. The number of nitrogens with zero attached hydrogens (tertiary/aromatic N) is 3. The highest BCUT2D eigenvalue weighted by Gasteiger charge is 2.47. The molecule has 1 amide bonds. The normalized spacial score (nSPS) is 25.5. The van der Waals surface area contributed by atoms with Crippen molar-refractivity contribution in [3.63, 3.8) is 0 Å². The molecule has 2 aliphatic rings. The number of H-pyrrole nitrogens is 1. The Morgan fingerprint density at radius 1 is 1.19 bits per heavy atom. The maximum absolute atomic E-state index is 13.0. The molecule has 0 spiro atoms. The molecule has 3 heterocycles. The van der Waals surface area contributed by atoms with E-state index in [2.05, 4.69) is 34.3 Å². The molecule has 138 valence electrons. The number of likely N-dealkylation sites (tertiary alicyclic amines) is 2. The van der Waals surface area contributed by atoms with Crippen LogP contribution in [0.2, 0.25) is 0 Å². The molecule has 6 heteroatoms. The van der Waals surface area contributed by atoms with E-state index in [0.29, 0.717) is 17.9 Å². The second-order valence-corrected chi connectivity index (χ2v) is 7.60. The molecular weight excluding hydrogens is 328 g/mol. The van der Waals surface area contributed by atoms with E-state index in [9.17, 15) is 4.79 Å². The molecule has 26 heavy (non-hydrogen) atoms. The molecule has 2 aliphatic heterocycles. The Kier molecular flexibility index (Phi) is 4.23. The molecule has 1 aromatic heterocycles. The van der Waals surface area contributed by atoms with Gasteiger partial charge in [-0.25, -0.2) is 0 Å². The van der Waals surface area contributed by atoms with Gasteiger partial charge in [0.1, 0.15) is 5.75 Å². The van der Waals surface area contributed by atoms with Crippen LogP contribution in [0.25, 0.3) is 0 Å². The minimum atomic E-state index is 0.110. The van der Waals surface area contributed by atoms with E-state index >= 15 is 0 Å². The molecule has 2 fully saturated rings. The summed E-state index contributed by atoms with van der Waals surface area (Å²) in [4.78, 5) is 17.5. The summed E-state index contributed by atoms with van der Waals surface area (Å²) in [7, 11) is 3.87. The van der Waals surface area contributed by atoms with Gasteiger partial charge in [-0.1, -0.05) is 12.1 Å². The Morgan fingerprint density at radius 2 is 1.92 bits per heavy atom. The third-order valence-electron chi connectivity index (χ3n) is 5.98. The molecule has 4 rings (SSSR count). The molecule has 0 unspecified atom stereocenters. The summed E-state index contributed by atoms with van der Waals surface area (Å²) >= 11 is 0. The first-order chi connectivity index (χ1) is 12.5. The summed E-state index contributed by atoms with van der Waals surface area (Å²) in [5.41, 5.74) is 3.67. The molecule has 6 nitrogen and oxygen atoms in total. The number of aromatic amines is 1.